The lowest BCUT2D eigenvalue weighted by atomic mass is 10.1. The largest absolute Gasteiger partial charge is 0.493 e. The quantitative estimate of drug-likeness (QED) is 0.606. The van der Waals surface area contributed by atoms with Gasteiger partial charge in [0.2, 0.25) is 0 Å². The van der Waals surface area contributed by atoms with E-state index in [-0.39, 0.29) is 40.8 Å². The molecule has 0 radical (unpaired) electrons. The molecular formula is C22H28N2O7. The molecule has 0 spiro atoms. The van der Waals surface area contributed by atoms with E-state index in [4.69, 9.17) is 18.6 Å². The van der Waals surface area contributed by atoms with E-state index in [1.165, 1.54) is 38.7 Å². The van der Waals surface area contributed by atoms with Crippen LogP contribution in [0.4, 0.5) is 5.69 Å². The molecule has 0 atom stereocenters. The Balaban J connectivity index is 2.29. The van der Waals surface area contributed by atoms with E-state index in [1.54, 1.807) is 11.0 Å². The second-order valence-electron chi connectivity index (χ2n) is 7.25. The second-order valence-corrected chi connectivity index (χ2v) is 7.25. The molecule has 9 nitrogen and oxygen atoms in total. The van der Waals surface area contributed by atoms with E-state index >= 15 is 0 Å². The van der Waals surface area contributed by atoms with Crippen LogP contribution in [0, 0.1) is 0 Å². The highest BCUT2D eigenvalue weighted by Gasteiger charge is 2.24. The maximum atomic E-state index is 12.8. The van der Waals surface area contributed by atoms with Gasteiger partial charge in [-0.2, -0.15) is 0 Å². The lowest BCUT2D eigenvalue weighted by molar-refractivity contribution is -0.138. The minimum absolute atomic E-state index is 0.00556. The van der Waals surface area contributed by atoms with Gasteiger partial charge in [-0.05, 0) is 39.8 Å². The van der Waals surface area contributed by atoms with Gasteiger partial charge in [-0.15, -0.1) is 0 Å². The van der Waals surface area contributed by atoms with Crippen molar-refractivity contribution < 1.29 is 33.0 Å². The SMILES string of the molecule is COc1cc(NC(=O)c2ccco2)c(C(=O)OCC(=O)N(C(C)C)C(C)C)cc1OC. The summed E-state index contributed by atoms with van der Waals surface area (Å²) in [6.45, 7) is 7.11. The Labute approximate surface area is 181 Å². The average Bonchev–Trinajstić information content (AvgIpc) is 3.26. The molecule has 0 saturated heterocycles. The molecule has 0 unspecified atom stereocenters. The van der Waals surface area contributed by atoms with Crippen molar-refractivity contribution >= 4 is 23.5 Å². The highest BCUT2D eigenvalue weighted by Crippen LogP contribution is 2.34. The molecule has 2 amide bonds. The standard InChI is InChI=1S/C22H28N2O7/c1-13(2)24(14(3)4)20(25)12-31-22(27)15-10-18(28-5)19(29-6)11-16(15)23-21(26)17-8-7-9-30-17/h7-11,13-14H,12H2,1-6H3,(H,23,26). The smallest absolute Gasteiger partial charge is 0.340 e. The average molecular weight is 432 g/mol. The van der Waals surface area contributed by atoms with Gasteiger partial charge < -0.3 is 28.8 Å². The molecule has 1 aromatic carbocycles. The Hall–Kier alpha value is -3.49. The van der Waals surface area contributed by atoms with Crippen molar-refractivity contribution in [1.82, 2.24) is 4.90 Å². The lowest BCUT2D eigenvalue weighted by Crippen LogP contribution is -2.44. The first-order valence-electron chi connectivity index (χ1n) is 9.78. The minimum atomic E-state index is -0.795. The molecule has 9 heteroatoms. The van der Waals surface area contributed by atoms with E-state index in [0.29, 0.717) is 5.75 Å². The molecule has 0 aliphatic rings. The van der Waals surface area contributed by atoms with E-state index in [2.05, 4.69) is 5.32 Å². The van der Waals surface area contributed by atoms with Crippen LogP contribution in [0.1, 0.15) is 48.6 Å². The van der Waals surface area contributed by atoms with Crippen molar-refractivity contribution in [1.29, 1.82) is 0 Å². The third kappa shape index (κ3) is 5.78. The van der Waals surface area contributed by atoms with Crippen LogP contribution in [0.5, 0.6) is 11.5 Å². The van der Waals surface area contributed by atoms with Crippen molar-refractivity contribution in [3.63, 3.8) is 0 Å². The van der Waals surface area contributed by atoms with Gasteiger partial charge in [-0.3, -0.25) is 9.59 Å². The predicted molar refractivity (Wildman–Crippen MR) is 114 cm³/mol. The Morgan fingerprint density at radius 3 is 2.16 bits per heavy atom. The van der Waals surface area contributed by atoms with Crippen molar-refractivity contribution in [2.24, 2.45) is 0 Å². The van der Waals surface area contributed by atoms with Crippen LogP contribution in [-0.4, -0.2) is 55.6 Å². The zero-order valence-electron chi connectivity index (χ0n) is 18.6. The van der Waals surface area contributed by atoms with Crippen molar-refractivity contribution in [3.05, 3.63) is 41.9 Å². The summed E-state index contributed by atoms with van der Waals surface area (Å²) in [5.74, 6) is -1.04. The van der Waals surface area contributed by atoms with Gasteiger partial charge in [0.1, 0.15) is 0 Å². The maximum absolute atomic E-state index is 12.8. The topological polar surface area (TPSA) is 107 Å². The third-order valence-electron chi connectivity index (χ3n) is 4.46. The van der Waals surface area contributed by atoms with E-state index < -0.39 is 18.5 Å². The first-order valence-corrected chi connectivity index (χ1v) is 9.78. The molecule has 0 saturated carbocycles. The number of carbonyl (C=O) groups excluding carboxylic acids is 3. The number of carbonyl (C=O) groups is 3. The van der Waals surface area contributed by atoms with Gasteiger partial charge in [0.15, 0.2) is 23.9 Å². The van der Waals surface area contributed by atoms with E-state index in [9.17, 15) is 14.4 Å². The van der Waals surface area contributed by atoms with Crippen LogP contribution in [0.25, 0.3) is 0 Å². The molecule has 0 aliphatic carbocycles. The molecule has 2 aromatic rings. The number of furan rings is 1. The molecular weight excluding hydrogens is 404 g/mol. The molecule has 2 rings (SSSR count). The normalized spacial score (nSPS) is 10.7. The van der Waals surface area contributed by atoms with Crippen LogP contribution in [0.2, 0.25) is 0 Å². The number of amides is 2. The fourth-order valence-corrected chi connectivity index (χ4v) is 3.19. The summed E-state index contributed by atoms with van der Waals surface area (Å²) < 4.78 is 20.8. The molecule has 1 N–H and O–H groups in total. The number of benzene rings is 1. The highest BCUT2D eigenvalue weighted by atomic mass is 16.5. The maximum Gasteiger partial charge on any atom is 0.340 e. The summed E-state index contributed by atoms with van der Waals surface area (Å²) in [7, 11) is 2.85. The molecule has 168 valence electrons. The van der Waals surface area contributed by atoms with Crippen LogP contribution in [0.3, 0.4) is 0 Å². The monoisotopic (exact) mass is 432 g/mol. The number of nitrogens with one attached hydrogen (secondary N) is 1. The Morgan fingerprint density at radius 2 is 1.65 bits per heavy atom. The molecule has 0 fully saturated rings. The van der Waals surface area contributed by atoms with Crippen LogP contribution >= 0.6 is 0 Å². The number of hydrogen-bond donors (Lipinski definition) is 1. The number of ether oxygens (including phenoxy) is 3. The number of anilines is 1. The molecule has 1 aromatic heterocycles. The molecule has 1 heterocycles. The van der Waals surface area contributed by atoms with Crippen LogP contribution in [-0.2, 0) is 9.53 Å². The summed E-state index contributed by atoms with van der Waals surface area (Å²) in [5.41, 5.74) is 0.132. The summed E-state index contributed by atoms with van der Waals surface area (Å²) >= 11 is 0. The first kappa shape index (κ1) is 23.8. The Morgan fingerprint density at radius 1 is 1.03 bits per heavy atom. The van der Waals surface area contributed by atoms with Crippen molar-refractivity contribution in [2.75, 3.05) is 26.1 Å². The van der Waals surface area contributed by atoms with Gasteiger partial charge in [0, 0.05) is 24.2 Å². The lowest BCUT2D eigenvalue weighted by Gasteiger charge is -2.30. The van der Waals surface area contributed by atoms with Gasteiger partial charge >= 0.3 is 5.97 Å². The molecule has 0 aliphatic heterocycles. The fourth-order valence-electron chi connectivity index (χ4n) is 3.19. The van der Waals surface area contributed by atoms with Gasteiger partial charge in [-0.1, -0.05) is 0 Å². The zero-order valence-corrected chi connectivity index (χ0v) is 18.6. The Kier molecular flexibility index (Phi) is 8.07. The van der Waals surface area contributed by atoms with Crippen LogP contribution < -0.4 is 14.8 Å². The van der Waals surface area contributed by atoms with E-state index in [1.807, 2.05) is 27.7 Å². The number of methoxy groups -OCH3 is 2. The summed E-state index contributed by atoms with van der Waals surface area (Å²) in [5, 5.41) is 2.60. The predicted octanol–water partition coefficient (Wildman–Crippen LogP) is 3.35. The molecule has 0 bridgehead atoms. The van der Waals surface area contributed by atoms with Gasteiger partial charge in [0.25, 0.3) is 11.8 Å². The summed E-state index contributed by atoms with van der Waals surface area (Å²) in [6, 6.07) is 5.78. The van der Waals surface area contributed by atoms with Crippen molar-refractivity contribution in [3.8, 4) is 11.5 Å². The number of rotatable bonds is 9. The third-order valence-corrected chi connectivity index (χ3v) is 4.46. The fraction of sp³-hybridized carbons (Fsp3) is 0.409. The number of hydrogen-bond acceptors (Lipinski definition) is 7. The van der Waals surface area contributed by atoms with E-state index in [0.717, 1.165) is 0 Å². The summed E-state index contributed by atoms with van der Waals surface area (Å²) in [6.07, 6.45) is 1.36. The molecule has 31 heavy (non-hydrogen) atoms. The zero-order chi connectivity index (χ0) is 23.1. The van der Waals surface area contributed by atoms with Crippen molar-refractivity contribution in [2.45, 2.75) is 39.8 Å². The second kappa shape index (κ2) is 10.5. The number of esters is 1. The van der Waals surface area contributed by atoms with Gasteiger partial charge in [-0.25, -0.2) is 4.79 Å². The summed E-state index contributed by atoms with van der Waals surface area (Å²) in [4.78, 5) is 39.4. The van der Waals surface area contributed by atoms with Crippen LogP contribution in [0.15, 0.2) is 34.9 Å². The highest BCUT2D eigenvalue weighted by molar-refractivity contribution is 6.07. The minimum Gasteiger partial charge on any atom is -0.493 e. The van der Waals surface area contributed by atoms with Gasteiger partial charge in [0.05, 0.1) is 31.7 Å². The first-order chi connectivity index (χ1) is 14.7. The number of nitrogens with zero attached hydrogens (tertiary/aromatic N) is 1. The Bertz CT molecular complexity index is 912.